The van der Waals surface area contributed by atoms with E-state index in [2.05, 4.69) is 32.3 Å². The van der Waals surface area contributed by atoms with Gasteiger partial charge in [-0.3, -0.25) is 18.7 Å². The molecule has 3 aromatic rings. The maximum atomic E-state index is 14.0. The molecule has 1 aromatic carbocycles. The Morgan fingerprint density at radius 2 is 1.63 bits per heavy atom. The highest BCUT2D eigenvalue weighted by Crippen LogP contribution is 2.43. The first-order chi connectivity index (χ1) is 24.7. The van der Waals surface area contributed by atoms with Crippen LogP contribution in [0.4, 0.5) is 11.8 Å². The Balaban J connectivity index is 1.25. The van der Waals surface area contributed by atoms with E-state index in [0.717, 1.165) is 19.3 Å². The third-order valence-corrected chi connectivity index (χ3v) is 11.0. The molecule has 282 valence electrons. The van der Waals surface area contributed by atoms with Crippen molar-refractivity contribution in [1.29, 1.82) is 0 Å². The molecule has 0 spiro atoms. The van der Waals surface area contributed by atoms with Gasteiger partial charge >= 0.3 is 13.5 Å². The topological polar surface area (TPSA) is 182 Å². The number of unbranched alkanes of at least 4 members (excludes halogenated alkanes) is 12. The number of anilines is 2. The van der Waals surface area contributed by atoms with Gasteiger partial charge in [-0.05, 0) is 32.4 Å². The first kappa shape index (κ1) is 40.4. The summed E-state index contributed by atoms with van der Waals surface area (Å²) in [6.07, 6.45) is 16.5. The number of hydrogen-bond acceptors (Lipinski definition) is 11. The van der Waals surface area contributed by atoms with Gasteiger partial charge in [-0.1, -0.05) is 102 Å². The molecule has 1 amide bonds. The van der Waals surface area contributed by atoms with Crippen LogP contribution in [0.3, 0.4) is 0 Å². The lowest BCUT2D eigenvalue weighted by Crippen LogP contribution is -2.37. The first-order valence-corrected chi connectivity index (χ1v) is 20.2. The zero-order valence-corrected chi connectivity index (χ0v) is 31.3. The summed E-state index contributed by atoms with van der Waals surface area (Å²) in [4.78, 5) is 38.1. The van der Waals surface area contributed by atoms with Crippen molar-refractivity contribution in [2.24, 2.45) is 0 Å². The maximum absolute atomic E-state index is 14.0. The summed E-state index contributed by atoms with van der Waals surface area (Å²) in [6.45, 7) is 5.62. The Kier molecular flexibility index (Phi) is 16.8. The average molecular weight is 730 g/mol. The lowest BCUT2D eigenvalue weighted by Gasteiger charge is -2.24. The van der Waals surface area contributed by atoms with E-state index in [1.807, 2.05) is 0 Å². The van der Waals surface area contributed by atoms with Crippen molar-refractivity contribution < 1.29 is 32.9 Å². The minimum Gasteiger partial charge on any atom is -0.465 e. The molecule has 3 heterocycles. The van der Waals surface area contributed by atoms with E-state index in [4.69, 9.17) is 24.5 Å². The van der Waals surface area contributed by atoms with Gasteiger partial charge in [0.1, 0.15) is 12.6 Å². The van der Waals surface area contributed by atoms with Crippen molar-refractivity contribution in [3.05, 3.63) is 36.7 Å². The van der Waals surface area contributed by atoms with Gasteiger partial charge in [-0.15, -0.1) is 0 Å². The Morgan fingerprint density at radius 3 is 2.27 bits per heavy atom. The molecule has 0 aliphatic carbocycles. The Hall–Kier alpha value is -3.42. The molecule has 4 rings (SSSR count). The van der Waals surface area contributed by atoms with E-state index in [1.165, 1.54) is 70.5 Å². The van der Waals surface area contributed by atoms with Gasteiger partial charge in [-0.25, -0.2) is 10.1 Å². The number of nitrogens with two attached hydrogens (primary N) is 1. The third-order valence-electron chi connectivity index (χ3n) is 8.74. The van der Waals surface area contributed by atoms with E-state index in [9.17, 15) is 14.2 Å². The number of hydrogen-bond donors (Lipinski definition) is 3. The van der Waals surface area contributed by atoms with E-state index < -0.39 is 32.0 Å². The number of imidazole rings is 1. The second kappa shape index (κ2) is 21.2. The molecule has 1 aliphatic rings. The maximum Gasteiger partial charge on any atom is 0.323 e. The van der Waals surface area contributed by atoms with Crippen LogP contribution < -0.4 is 21.4 Å². The van der Waals surface area contributed by atoms with Crippen molar-refractivity contribution in [2.75, 3.05) is 30.9 Å². The van der Waals surface area contributed by atoms with E-state index in [0.29, 0.717) is 22.9 Å². The number of esters is 1. The van der Waals surface area contributed by atoms with Gasteiger partial charge < -0.3 is 29.8 Å². The molecule has 1 unspecified atom stereocenters. The molecule has 4 atom stereocenters. The molecule has 14 nitrogen and oxygen atoms in total. The predicted molar refractivity (Wildman–Crippen MR) is 197 cm³/mol. The fourth-order valence-electron chi connectivity index (χ4n) is 5.96. The number of nitrogens with zero attached hydrogens (tertiary/aromatic N) is 4. The van der Waals surface area contributed by atoms with E-state index in [1.54, 1.807) is 48.7 Å². The number of fused-ring (bicyclic) bond motifs is 1. The monoisotopic (exact) mass is 729 g/mol. The summed E-state index contributed by atoms with van der Waals surface area (Å²) >= 11 is 0. The smallest absolute Gasteiger partial charge is 0.323 e. The van der Waals surface area contributed by atoms with Crippen molar-refractivity contribution in [3.63, 3.8) is 0 Å². The van der Waals surface area contributed by atoms with Gasteiger partial charge in [0.05, 0.1) is 24.8 Å². The lowest BCUT2D eigenvalue weighted by atomic mass is 10.0. The normalized spacial score (nSPS) is 17.7. The van der Waals surface area contributed by atoms with Crippen LogP contribution in [-0.2, 0) is 32.9 Å². The number of benzene rings is 1. The number of nitrogen functional groups attached to an aromatic ring is 1. The minimum absolute atomic E-state index is 0.0232. The van der Waals surface area contributed by atoms with Gasteiger partial charge in [0, 0.05) is 6.42 Å². The van der Waals surface area contributed by atoms with Crippen LogP contribution in [0.2, 0.25) is 0 Å². The largest absolute Gasteiger partial charge is 0.465 e. The summed E-state index contributed by atoms with van der Waals surface area (Å²) in [6, 6.07) is 7.68. The summed E-state index contributed by atoms with van der Waals surface area (Å²) in [5.74, 6) is -0.488. The third kappa shape index (κ3) is 12.6. The number of carbonyl (C=O) groups excluding carboxylic acids is 2. The van der Waals surface area contributed by atoms with Gasteiger partial charge in [-0.2, -0.15) is 9.97 Å². The summed E-state index contributed by atoms with van der Waals surface area (Å²) in [7, 11) is -3.73. The lowest BCUT2D eigenvalue weighted by molar-refractivity contribution is -0.144. The van der Waals surface area contributed by atoms with Crippen LogP contribution in [0.15, 0.2) is 36.7 Å². The quantitative estimate of drug-likeness (QED) is 0.0500. The SMILES string of the molecule is CCCCCCCCCCCCCCCC(=O)Nc1nc(N)nc2c1ncn2[C@H]1CO[C@@H](COP(=O)(N[C@@H](C)C(=O)OCC)c2ccccc2)O1. The zero-order chi connectivity index (χ0) is 36.5. The number of aromatic nitrogens is 4. The fraction of sp³-hybridized carbons (Fsp3) is 0.639. The first-order valence-electron chi connectivity index (χ1n) is 18.6. The molecule has 15 heteroatoms. The Labute approximate surface area is 301 Å². The predicted octanol–water partition coefficient (Wildman–Crippen LogP) is 6.78. The summed E-state index contributed by atoms with van der Waals surface area (Å²) in [5.41, 5.74) is 6.77. The number of ether oxygens (including phenoxy) is 3. The highest BCUT2D eigenvalue weighted by molar-refractivity contribution is 7.65. The van der Waals surface area contributed by atoms with E-state index in [-0.39, 0.29) is 37.5 Å². The van der Waals surface area contributed by atoms with Crippen LogP contribution in [0.5, 0.6) is 0 Å². The summed E-state index contributed by atoms with van der Waals surface area (Å²) in [5, 5.41) is 6.05. The standard InChI is InChI=1S/C36H56N7O7P/c1-4-6-7-8-9-10-11-12-13-14-15-16-20-23-29(44)39-33-32-34(41-36(37)40-33)43(26-38-32)30-24-48-31(50-30)25-49-51(46,28-21-18-17-19-22-28)42-27(3)35(45)47-5-2/h17-19,21-22,26-27,30-31H,4-16,20,23-25H2,1-3H3,(H,42,46)(H3,37,39,40,41,44)/t27-,30+,31+,51?/m0/s1. The molecule has 2 aromatic heterocycles. The Morgan fingerprint density at radius 1 is 0.980 bits per heavy atom. The highest BCUT2D eigenvalue weighted by atomic mass is 31.2. The number of carbonyl (C=O) groups is 2. The highest BCUT2D eigenvalue weighted by Gasteiger charge is 2.35. The van der Waals surface area contributed by atoms with Gasteiger partial charge in [0.2, 0.25) is 11.9 Å². The molecule has 1 fully saturated rings. The van der Waals surface area contributed by atoms with Crippen molar-refractivity contribution in [1.82, 2.24) is 24.6 Å². The second-order valence-electron chi connectivity index (χ2n) is 12.9. The van der Waals surface area contributed by atoms with Crippen molar-refractivity contribution >= 4 is 47.6 Å². The molecule has 51 heavy (non-hydrogen) atoms. The second-order valence-corrected chi connectivity index (χ2v) is 15.1. The van der Waals surface area contributed by atoms with E-state index >= 15 is 0 Å². The molecule has 0 saturated carbocycles. The molecule has 4 N–H and O–H groups in total. The van der Waals surface area contributed by atoms with Crippen molar-refractivity contribution in [2.45, 2.75) is 129 Å². The molecular weight excluding hydrogens is 673 g/mol. The average Bonchev–Trinajstić information content (AvgIpc) is 3.77. The van der Waals surface area contributed by atoms with Crippen LogP contribution in [0.1, 0.15) is 117 Å². The molecule has 1 aliphatic heterocycles. The van der Waals surface area contributed by atoms with Crippen LogP contribution in [0, 0.1) is 0 Å². The van der Waals surface area contributed by atoms with Crippen LogP contribution in [0.25, 0.3) is 11.2 Å². The Bertz CT molecular complexity index is 1560. The number of rotatable bonds is 24. The molecular formula is C36H56N7O7P. The van der Waals surface area contributed by atoms with Gasteiger partial charge in [0.15, 0.2) is 29.5 Å². The molecule has 0 bridgehead atoms. The number of amides is 1. The molecule has 1 saturated heterocycles. The van der Waals surface area contributed by atoms with Crippen molar-refractivity contribution in [3.8, 4) is 0 Å². The van der Waals surface area contributed by atoms with Gasteiger partial charge in [0.25, 0.3) is 0 Å². The number of nitrogens with one attached hydrogen (secondary N) is 2. The minimum atomic E-state index is -3.73. The fourth-order valence-corrected chi connectivity index (χ4v) is 7.84. The molecule has 0 radical (unpaired) electrons. The van der Waals surface area contributed by atoms with Crippen LogP contribution >= 0.6 is 7.52 Å². The summed E-state index contributed by atoms with van der Waals surface area (Å²) < 4.78 is 38.5. The zero-order valence-electron chi connectivity index (χ0n) is 30.4. The van der Waals surface area contributed by atoms with Crippen LogP contribution in [-0.4, -0.2) is 63.5 Å².